The number of hydrogen-bond donors (Lipinski definition) is 0. The first-order valence-electron chi connectivity index (χ1n) is 13.2. The van der Waals surface area contributed by atoms with Crippen molar-refractivity contribution in [3.05, 3.63) is 42.0 Å². The molecule has 0 saturated heterocycles. The fraction of sp³-hybridized carbons (Fsp3) is 0.667. The average molecular weight is 421 g/mol. The highest BCUT2D eigenvalue weighted by molar-refractivity contribution is 5.40. The van der Waals surface area contributed by atoms with Crippen molar-refractivity contribution in [2.24, 2.45) is 23.7 Å². The molecule has 0 amide bonds. The van der Waals surface area contributed by atoms with Gasteiger partial charge in [-0.25, -0.2) is 0 Å². The second-order valence-electron chi connectivity index (χ2n) is 9.95. The van der Waals surface area contributed by atoms with E-state index in [2.05, 4.69) is 50.0 Å². The molecule has 3 rings (SSSR count). The predicted molar refractivity (Wildman–Crippen MR) is 133 cm³/mol. The van der Waals surface area contributed by atoms with E-state index in [1.165, 1.54) is 70.6 Å². The Labute approximate surface area is 192 Å². The summed E-state index contributed by atoms with van der Waals surface area (Å²) in [6, 6.07) is 8.18. The lowest BCUT2D eigenvalue weighted by Crippen LogP contribution is -2.25. The van der Waals surface area contributed by atoms with Gasteiger partial charge in [-0.05, 0) is 99.0 Å². The molecule has 31 heavy (non-hydrogen) atoms. The van der Waals surface area contributed by atoms with E-state index in [1.807, 2.05) is 12.1 Å². The van der Waals surface area contributed by atoms with Gasteiger partial charge in [0, 0.05) is 5.56 Å². The molecular weight excluding hydrogens is 376 g/mol. The second-order valence-corrected chi connectivity index (χ2v) is 9.95. The van der Waals surface area contributed by atoms with Crippen molar-refractivity contribution in [3.8, 4) is 17.6 Å². The van der Waals surface area contributed by atoms with Crippen LogP contribution in [0, 0.1) is 35.5 Å². The molecule has 0 atom stereocenters. The van der Waals surface area contributed by atoms with Crippen LogP contribution >= 0.6 is 0 Å². The Bertz CT molecular complexity index is 688. The summed E-state index contributed by atoms with van der Waals surface area (Å²) < 4.78 is 5.72. The average Bonchev–Trinajstić information content (AvgIpc) is 2.82. The van der Waals surface area contributed by atoms with Crippen molar-refractivity contribution in [2.45, 2.75) is 97.3 Å². The van der Waals surface area contributed by atoms with Crippen LogP contribution in [0.3, 0.4) is 0 Å². The van der Waals surface area contributed by atoms with E-state index in [-0.39, 0.29) is 0 Å². The molecule has 2 fully saturated rings. The van der Waals surface area contributed by atoms with Crippen LogP contribution in [-0.4, -0.2) is 6.61 Å². The molecule has 1 aromatic carbocycles. The largest absolute Gasteiger partial charge is 0.494 e. The van der Waals surface area contributed by atoms with E-state index in [0.29, 0.717) is 0 Å². The quantitative estimate of drug-likeness (QED) is 0.287. The van der Waals surface area contributed by atoms with E-state index in [0.717, 1.165) is 54.4 Å². The third-order valence-corrected chi connectivity index (χ3v) is 7.63. The second kappa shape index (κ2) is 13.7. The van der Waals surface area contributed by atoms with Gasteiger partial charge in [-0.3, -0.25) is 0 Å². The highest BCUT2D eigenvalue weighted by atomic mass is 16.5. The molecule has 2 aliphatic carbocycles. The monoisotopic (exact) mass is 420 g/mol. The van der Waals surface area contributed by atoms with Gasteiger partial charge in [-0.1, -0.05) is 70.3 Å². The highest BCUT2D eigenvalue weighted by Gasteiger charge is 2.30. The van der Waals surface area contributed by atoms with Crippen LogP contribution in [0.5, 0.6) is 5.75 Å². The Morgan fingerprint density at radius 2 is 1.48 bits per heavy atom. The van der Waals surface area contributed by atoms with Crippen LogP contribution in [-0.2, 0) is 0 Å². The molecule has 1 nitrogen and oxygen atoms in total. The Morgan fingerprint density at radius 3 is 2.13 bits per heavy atom. The van der Waals surface area contributed by atoms with Crippen LogP contribution < -0.4 is 4.74 Å². The van der Waals surface area contributed by atoms with Gasteiger partial charge in [-0.15, -0.1) is 0 Å². The van der Waals surface area contributed by atoms with E-state index >= 15 is 0 Å². The maximum atomic E-state index is 5.72. The third kappa shape index (κ3) is 8.40. The minimum atomic E-state index is 0.737. The zero-order valence-electron chi connectivity index (χ0n) is 20.1. The smallest absolute Gasteiger partial charge is 0.119 e. The normalized spacial score (nSPS) is 26.4. The summed E-state index contributed by atoms with van der Waals surface area (Å²) in [7, 11) is 0. The van der Waals surface area contributed by atoms with Crippen molar-refractivity contribution in [1.29, 1.82) is 0 Å². The molecule has 1 aromatic rings. The van der Waals surface area contributed by atoms with Crippen molar-refractivity contribution >= 4 is 0 Å². The van der Waals surface area contributed by atoms with Gasteiger partial charge in [0.05, 0.1) is 6.61 Å². The fourth-order valence-electron chi connectivity index (χ4n) is 5.53. The summed E-state index contributed by atoms with van der Waals surface area (Å²) in [4.78, 5) is 0. The number of hydrogen-bond acceptors (Lipinski definition) is 1. The van der Waals surface area contributed by atoms with Gasteiger partial charge >= 0.3 is 0 Å². The van der Waals surface area contributed by atoms with Crippen molar-refractivity contribution in [1.82, 2.24) is 0 Å². The Kier molecular flexibility index (Phi) is 10.6. The first kappa shape index (κ1) is 24.0. The molecule has 0 aromatic heterocycles. The number of benzene rings is 1. The maximum absolute atomic E-state index is 5.72. The molecule has 170 valence electrons. The lowest BCUT2D eigenvalue weighted by Gasteiger charge is -2.37. The zero-order valence-corrected chi connectivity index (χ0v) is 20.1. The van der Waals surface area contributed by atoms with Gasteiger partial charge in [0.15, 0.2) is 0 Å². The van der Waals surface area contributed by atoms with Gasteiger partial charge in [0.2, 0.25) is 0 Å². The summed E-state index contributed by atoms with van der Waals surface area (Å²) >= 11 is 0. The summed E-state index contributed by atoms with van der Waals surface area (Å²) in [5.74, 6) is 11.3. The molecule has 2 saturated carbocycles. The first-order valence-corrected chi connectivity index (χ1v) is 13.2. The van der Waals surface area contributed by atoms with Crippen molar-refractivity contribution in [2.75, 3.05) is 6.61 Å². The lowest BCUT2D eigenvalue weighted by atomic mass is 9.68. The van der Waals surface area contributed by atoms with E-state index in [9.17, 15) is 0 Å². The molecule has 0 unspecified atom stereocenters. The van der Waals surface area contributed by atoms with Gasteiger partial charge < -0.3 is 4.74 Å². The SMILES string of the molecule is CCCCOc1ccc(C#CC=C[C@H]2CC[C@H]([C@H]3CC[C@H](CCCC)CC3)CC2)cc1. The number of allylic oxidation sites excluding steroid dienone is 2. The molecule has 0 aliphatic heterocycles. The zero-order chi connectivity index (χ0) is 21.7. The summed E-state index contributed by atoms with van der Waals surface area (Å²) in [5.41, 5.74) is 1.06. The Morgan fingerprint density at radius 1 is 0.839 bits per heavy atom. The lowest BCUT2D eigenvalue weighted by molar-refractivity contribution is 0.152. The summed E-state index contributed by atoms with van der Waals surface area (Å²) in [6.07, 6.45) is 22.6. The van der Waals surface area contributed by atoms with Crippen LogP contribution in [0.25, 0.3) is 0 Å². The molecule has 0 spiro atoms. The Hall–Kier alpha value is -1.68. The van der Waals surface area contributed by atoms with Crippen LogP contribution in [0.2, 0.25) is 0 Å². The highest BCUT2D eigenvalue weighted by Crippen LogP contribution is 2.42. The fourth-order valence-corrected chi connectivity index (χ4v) is 5.53. The molecule has 2 aliphatic rings. The first-order chi connectivity index (χ1) is 15.3. The standard InChI is InChI=1S/C30H44O/c1-3-5-9-25-12-18-28(19-13-25)29-20-14-26(15-21-29)10-7-8-11-27-16-22-30(23-17-27)31-24-6-4-2/h7,10,16-17,22-23,25-26,28-29H,3-6,9,12-15,18-21,24H2,1-2H3/t25-,26-,28-,29-. The Balaban J connectivity index is 1.35. The van der Waals surface area contributed by atoms with Crippen LogP contribution in [0.4, 0.5) is 0 Å². The van der Waals surface area contributed by atoms with Gasteiger partial charge in [0.25, 0.3) is 0 Å². The number of rotatable bonds is 9. The minimum absolute atomic E-state index is 0.737. The topological polar surface area (TPSA) is 9.23 Å². The number of ether oxygens (including phenoxy) is 1. The summed E-state index contributed by atoms with van der Waals surface area (Å²) in [5, 5.41) is 0. The molecule has 0 radical (unpaired) electrons. The molecule has 0 N–H and O–H groups in total. The molecule has 1 heteroatoms. The molecule has 0 heterocycles. The van der Waals surface area contributed by atoms with Gasteiger partial charge in [-0.2, -0.15) is 0 Å². The van der Waals surface area contributed by atoms with Gasteiger partial charge in [0.1, 0.15) is 5.75 Å². The van der Waals surface area contributed by atoms with Crippen LogP contribution in [0.1, 0.15) is 103 Å². The molecular formula is C30H44O. The van der Waals surface area contributed by atoms with Crippen molar-refractivity contribution < 1.29 is 4.74 Å². The predicted octanol–water partition coefficient (Wildman–Crippen LogP) is 8.58. The molecule has 0 bridgehead atoms. The van der Waals surface area contributed by atoms with E-state index in [4.69, 9.17) is 4.74 Å². The van der Waals surface area contributed by atoms with Crippen molar-refractivity contribution in [3.63, 3.8) is 0 Å². The summed E-state index contributed by atoms with van der Waals surface area (Å²) in [6.45, 7) is 5.31. The minimum Gasteiger partial charge on any atom is -0.494 e. The van der Waals surface area contributed by atoms with E-state index in [1.54, 1.807) is 0 Å². The van der Waals surface area contributed by atoms with Crippen LogP contribution in [0.15, 0.2) is 36.4 Å². The van der Waals surface area contributed by atoms with E-state index < -0.39 is 0 Å². The number of unbranched alkanes of at least 4 members (excludes halogenated alkanes) is 2. The third-order valence-electron chi connectivity index (χ3n) is 7.63. The maximum Gasteiger partial charge on any atom is 0.119 e.